The molecular weight excluding hydrogens is 550 g/mol. The van der Waals surface area contributed by atoms with Gasteiger partial charge in [0.15, 0.2) is 28.9 Å². The van der Waals surface area contributed by atoms with Gasteiger partial charge in [0.05, 0.1) is 4.91 Å². The molecule has 0 radical (unpaired) electrons. The van der Waals surface area contributed by atoms with E-state index in [2.05, 4.69) is 0 Å². The average Bonchev–Trinajstić information content (AvgIpc) is 3.13. The first-order chi connectivity index (χ1) is 18.5. The molecule has 3 rings (SSSR count). The summed E-state index contributed by atoms with van der Waals surface area (Å²) in [7, 11) is 0. The Morgan fingerprint density at radius 1 is 0.923 bits per heavy atom. The molecule has 39 heavy (non-hydrogen) atoms. The molecule has 2 heterocycles. The highest BCUT2D eigenvalue weighted by Crippen LogP contribution is 2.38. The zero-order valence-electron chi connectivity index (χ0n) is 21.6. The predicted molar refractivity (Wildman–Crippen MR) is 143 cm³/mol. The Morgan fingerprint density at radius 3 is 2.10 bits per heavy atom. The molecule has 11 nitrogen and oxygen atoms in total. The third-order valence-electron chi connectivity index (χ3n) is 5.38. The van der Waals surface area contributed by atoms with Crippen LogP contribution in [-0.4, -0.2) is 76.3 Å². The van der Waals surface area contributed by atoms with Crippen LogP contribution < -0.4 is 0 Å². The summed E-state index contributed by atoms with van der Waals surface area (Å²) in [6.07, 6.45) is -1.72. The van der Waals surface area contributed by atoms with E-state index in [1.54, 1.807) is 18.2 Å². The minimum absolute atomic E-state index is 0.0836. The Kier molecular flexibility index (Phi) is 10.4. The van der Waals surface area contributed by atoms with Gasteiger partial charge in [0, 0.05) is 27.7 Å². The number of hydrogen-bond acceptors (Lipinski definition) is 12. The largest absolute Gasteiger partial charge is 0.463 e. The number of benzene rings is 1. The number of thiocarbonyl (C=S) groups is 1. The van der Waals surface area contributed by atoms with Gasteiger partial charge in [-0.1, -0.05) is 66.5 Å². The van der Waals surface area contributed by atoms with Crippen molar-refractivity contribution in [2.24, 2.45) is 0 Å². The lowest BCUT2D eigenvalue weighted by molar-refractivity contribution is -0.268. The smallest absolute Gasteiger partial charge is 0.303 e. The molecule has 0 unspecified atom stereocenters. The van der Waals surface area contributed by atoms with E-state index in [1.165, 1.54) is 6.92 Å². The van der Waals surface area contributed by atoms with E-state index in [4.69, 9.17) is 35.9 Å². The second-order valence-corrected chi connectivity index (χ2v) is 10.1. The van der Waals surface area contributed by atoms with Gasteiger partial charge in [0.25, 0.3) is 5.91 Å². The molecule has 0 saturated carbocycles. The SMILES string of the molecule is CC(=O)OC[C@@H]1O[C@H](N2C(=O)/C(=C/C=C\c3ccccc3)SC2=S)[C@H](OC(C)=O)[C@H](OC(C)=O)[C@@H]1OC(C)=O. The maximum absolute atomic E-state index is 13.5. The average molecular weight is 578 g/mol. The molecule has 0 spiro atoms. The lowest BCUT2D eigenvalue weighted by atomic mass is 9.96. The number of hydrogen-bond donors (Lipinski definition) is 0. The fraction of sp³-hybridized carbons (Fsp3) is 0.385. The second kappa shape index (κ2) is 13.5. The van der Waals surface area contributed by atoms with Crippen molar-refractivity contribution < 1.29 is 47.7 Å². The van der Waals surface area contributed by atoms with Crippen molar-refractivity contribution in [2.75, 3.05) is 6.61 Å². The Labute approximate surface area is 234 Å². The third kappa shape index (κ3) is 7.97. The van der Waals surface area contributed by atoms with Crippen molar-refractivity contribution in [1.29, 1.82) is 0 Å². The Balaban J connectivity index is 1.99. The van der Waals surface area contributed by atoms with Gasteiger partial charge in [-0.2, -0.15) is 0 Å². The fourth-order valence-corrected chi connectivity index (χ4v) is 5.20. The van der Waals surface area contributed by atoms with Crippen LogP contribution in [-0.2, 0) is 47.7 Å². The molecule has 5 atom stereocenters. The number of nitrogens with zero attached hydrogens (tertiary/aromatic N) is 1. The molecule has 0 aromatic heterocycles. The van der Waals surface area contributed by atoms with Crippen LogP contribution in [0.4, 0.5) is 0 Å². The van der Waals surface area contributed by atoms with Crippen LogP contribution in [0.25, 0.3) is 6.08 Å². The van der Waals surface area contributed by atoms with Gasteiger partial charge in [0.1, 0.15) is 12.7 Å². The summed E-state index contributed by atoms with van der Waals surface area (Å²) >= 11 is 6.46. The number of allylic oxidation sites excluding steroid dienone is 2. The summed E-state index contributed by atoms with van der Waals surface area (Å²) in [6.45, 7) is 4.10. The lowest BCUT2D eigenvalue weighted by Gasteiger charge is -2.46. The zero-order valence-corrected chi connectivity index (χ0v) is 23.2. The number of ether oxygens (including phenoxy) is 5. The van der Waals surface area contributed by atoms with Crippen molar-refractivity contribution in [3.63, 3.8) is 0 Å². The zero-order chi connectivity index (χ0) is 28.7. The van der Waals surface area contributed by atoms with Crippen LogP contribution in [0.2, 0.25) is 0 Å². The number of thioether (sulfide) groups is 1. The molecule has 0 aliphatic carbocycles. The summed E-state index contributed by atoms with van der Waals surface area (Å²) < 4.78 is 27.5. The molecule has 0 bridgehead atoms. The van der Waals surface area contributed by atoms with Crippen LogP contribution in [0.15, 0.2) is 47.4 Å². The highest BCUT2D eigenvalue weighted by molar-refractivity contribution is 8.26. The first-order valence-corrected chi connectivity index (χ1v) is 13.0. The van der Waals surface area contributed by atoms with Crippen LogP contribution in [0, 0.1) is 0 Å². The number of carbonyl (C=O) groups is 5. The van der Waals surface area contributed by atoms with Crippen molar-refractivity contribution in [1.82, 2.24) is 4.90 Å². The van der Waals surface area contributed by atoms with E-state index in [0.29, 0.717) is 0 Å². The fourth-order valence-electron chi connectivity index (χ4n) is 3.94. The summed E-state index contributed by atoms with van der Waals surface area (Å²) in [5, 5.41) is 0. The minimum Gasteiger partial charge on any atom is -0.463 e. The lowest BCUT2D eigenvalue weighted by Crippen LogP contribution is -2.66. The Morgan fingerprint density at radius 2 is 1.51 bits per heavy atom. The third-order valence-corrected chi connectivity index (χ3v) is 6.73. The molecule has 0 N–H and O–H groups in total. The van der Waals surface area contributed by atoms with Crippen LogP contribution in [0.3, 0.4) is 0 Å². The second-order valence-electron chi connectivity index (χ2n) is 8.43. The number of esters is 4. The summed E-state index contributed by atoms with van der Waals surface area (Å²) in [6, 6.07) is 9.43. The van der Waals surface area contributed by atoms with Crippen molar-refractivity contribution in [3.8, 4) is 0 Å². The predicted octanol–water partition coefficient (Wildman–Crippen LogP) is 2.53. The van der Waals surface area contributed by atoms with Gasteiger partial charge in [-0.15, -0.1) is 0 Å². The molecule has 208 valence electrons. The standard InChI is InChI=1S/C26H27NO10S2/c1-14(28)33-13-19-21(34-15(2)29)22(35-16(3)30)23(36-17(4)31)25(37-19)27-24(32)20(39-26(27)38)12-8-11-18-9-6-5-7-10-18/h5-12,19,21-23,25H,13H2,1-4H3/b11-8-,20-12-/t19-,21+,22+,23+,25-/m0/s1. The van der Waals surface area contributed by atoms with E-state index in [1.807, 2.05) is 30.3 Å². The molecule has 1 amide bonds. The molecule has 13 heteroatoms. The first-order valence-electron chi connectivity index (χ1n) is 11.8. The number of carbonyl (C=O) groups excluding carboxylic acids is 5. The highest BCUT2D eigenvalue weighted by atomic mass is 32.2. The van der Waals surface area contributed by atoms with Crippen LogP contribution in [0.1, 0.15) is 33.3 Å². The topological polar surface area (TPSA) is 135 Å². The van der Waals surface area contributed by atoms with Crippen molar-refractivity contribution >= 4 is 64.2 Å². The molecule has 2 saturated heterocycles. The van der Waals surface area contributed by atoms with Gasteiger partial charge < -0.3 is 23.7 Å². The highest BCUT2D eigenvalue weighted by Gasteiger charge is 2.56. The van der Waals surface area contributed by atoms with Gasteiger partial charge in [-0.05, 0) is 11.6 Å². The molecule has 2 aliphatic heterocycles. The van der Waals surface area contributed by atoms with Crippen LogP contribution >= 0.6 is 24.0 Å². The van der Waals surface area contributed by atoms with E-state index in [0.717, 1.165) is 43.0 Å². The van der Waals surface area contributed by atoms with E-state index in [9.17, 15) is 24.0 Å². The summed E-state index contributed by atoms with van der Waals surface area (Å²) in [4.78, 5) is 62.4. The van der Waals surface area contributed by atoms with Crippen molar-refractivity contribution in [3.05, 3.63) is 53.0 Å². The maximum atomic E-state index is 13.5. The quantitative estimate of drug-likeness (QED) is 0.194. The van der Waals surface area contributed by atoms with Crippen LogP contribution in [0.5, 0.6) is 0 Å². The molecule has 1 aromatic carbocycles. The number of rotatable bonds is 8. The minimum atomic E-state index is -1.44. The Bertz CT molecular complexity index is 1200. The van der Waals surface area contributed by atoms with Gasteiger partial charge in [-0.25, -0.2) is 0 Å². The Hall–Kier alpha value is -3.55. The molecule has 2 fully saturated rings. The first kappa shape index (κ1) is 30.0. The van der Waals surface area contributed by atoms with E-state index < -0.39 is 67.0 Å². The van der Waals surface area contributed by atoms with Gasteiger partial charge >= 0.3 is 23.9 Å². The molecule has 2 aliphatic rings. The van der Waals surface area contributed by atoms with Crippen molar-refractivity contribution in [2.45, 2.75) is 58.3 Å². The monoisotopic (exact) mass is 577 g/mol. The van der Waals surface area contributed by atoms with Gasteiger partial charge in [-0.3, -0.25) is 28.9 Å². The normalized spacial score (nSPS) is 26.0. The summed E-state index contributed by atoms with van der Waals surface area (Å²) in [5.41, 5.74) is 0.920. The maximum Gasteiger partial charge on any atom is 0.303 e. The summed E-state index contributed by atoms with van der Waals surface area (Å²) in [5.74, 6) is -3.52. The molecule has 1 aromatic rings. The van der Waals surface area contributed by atoms with E-state index in [-0.39, 0.29) is 9.23 Å². The van der Waals surface area contributed by atoms with E-state index >= 15 is 0 Å². The van der Waals surface area contributed by atoms with Gasteiger partial charge in [0.2, 0.25) is 0 Å². The molecular formula is C26H27NO10S2. The number of amides is 1.